The number of rotatable bonds is 7. The van der Waals surface area contributed by atoms with Crippen molar-refractivity contribution in [3.8, 4) is 22.9 Å². The first-order valence-corrected chi connectivity index (χ1v) is 11.5. The van der Waals surface area contributed by atoms with E-state index in [0.29, 0.717) is 35.2 Å². The number of ether oxygens (including phenoxy) is 3. The standard InChI is InChI=1S/C24H28N6O4/c1-4-5-11-25-24(31)15-6-8-17(9-7-15)30-23(26-27-28-30)20-19-16(10-12-29(20)2)13-18-21(22(19)32-3)34-14-33-18/h6-9,13,20H,4-5,10-12,14H2,1-3H3,(H,25,31)/t20-/m0/s1. The molecule has 178 valence electrons. The first kappa shape index (κ1) is 22.1. The largest absolute Gasteiger partial charge is 0.492 e. The molecule has 0 aliphatic carbocycles. The van der Waals surface area contributed by atoms with Gasteiger partial charge >= 0.3 is 0 Å². The second kappa shape index (κ2) is 9.30. The zero-order chi connectivity index (χ0) is 23.7. The van der Waals surface area contributed by atoms with Gasteiger partial charge in [0.2, 0.25) is 12.5 Å². The molecule has 0 saturated heterocycles. The van der Waals surface area contributed by atoms with Crippen molar-refractivity contribution >= 4 is 5.91 Å². The van der Waals surface area contributed by atoms with Crippen LogP contribution in [-0.2, 0) is 6.42 Å². The molecule has 0 saturated carbocycles. The van der Waals surface area contributed by atoms with Crippen LogP contribution in [0.25, 0.3) is 5.69 Å². The number of aromatic nitrogens is 4. The number of hydrogen-bond donors (Lipinski definition) is 1. The molecule has 34 heavy (non-hydrogen) atoms. The smallest absolute Gasteiger partial charge is 0.251 e. The third-order valence-corrected chi connectivity index (χ3v) is 6.32. The molecule has 0 unspecified atom stereocenters. The van der Waals surface area contributed by atoms with Crippen LogP contribution >= 0.6 is 0 Å². The number of likely N-dealkylation sites (N-methyl/N-ethyl adjacent to an activating group) is 1. The van der Waals surface area contributed by atoms with Gasteiger partial charge in [-0.1, -0.05) is 13.3 Å². The van der Waals surface area contributed by atoms with Crippen molar-refractivity contribution < 1.29 is 19.0 Å². The number of carbonyl (C=O) groups is 1. The van der Waals surface area contributed by atoms with Crippen molar-refractivity contribution in [2.45, 2.75) is 32.2 Å². The number of nitrogens with one attached hydrogen (secondary N) is 1. The Bertz CT molecular complexity index is 1190. The highest BCUT2D eigenvalue weighted by atomic mass is 16.7. The molecule has 2 aliphatic rings. The van der Waals surface area contributed by atoms with E-state index in [-0.39, 0.29) is 18.7 Å². The molecule has 1 N–H and O–H groups in total. The summed E-state index contributed by atoms with van der Waals surface area (Å²) in [7, 11) is 3.68. The minimum absolute atomic E-state index is 0.0845. The highest BCUT2D eigenvalue weighted by Gasteiger charge is 2.37. The highest BCUT2D eigenvalue weighted by molar-refractivity contribution is 5.94. The zero-order valence-electron chi connectivity index (χ0n) is 19.6. The molecule has 3 aromatic rings. The average molecular weight is 465 g/mol. The molecule has 1 amide bonds. The minimum Gasteiger partial charge on any atom is -0.492 e. The third-order valence-electron chi connectivity index (χ3n) is 6.32. The topological polar surface area (TPSA) is 104 Å². The molecule has 2 aromatic carbocycles. The predicted molar refractivity (Wildman–Crippen MR) is 124 cm³/mol. The molecular weight excluding hydrogens is 436 g/mol. The van der Waals surface area contributed by atoms with E-state index >= 15 is 0 Å². The fourth-order valence-electron chi connectivity index (χ4n) is 4.54. The Labute approximate surface area is 197 Å². The van der Waals surface area contributed by atoms with Crippen molar-refractivity contribution in [2.75, 3.05) is 34.0 Å². The Balaban J connectivity index is 1.50. The summed E-state index contributed by atoms with van der Waals surface area (Å²) >= 11 is 0. The Morgan fingerprint density at radius 3 is 2.85 bits per heavy atom. The Morgan fingerprint density at radius 2 is 2.09 bits per heavy atom. The summed E-state index contributed by atoms with van der Waals surface area (Å²) in [4.78, 5) is 14.6. The SMILES string of the molecule is CCCCNC(=O)c1ccc(-n2nnnc2[C@@H]2c3c(cc4c(c3OC)OCO4)CCN2C)cc1. The van der Waals surface area contributed by atoms with Crippen LogP contribution in [0.5, 0.6) is 17.2 Å². The average Bonchev–Trinajstić information content (AvgIpc) is 3.52. The number of fused-ring (bicyclic) bond motifs is 2. The number of hydrogen-bond acceptors (Lipinski definition) is 8. The van der Waals surface area contributed by atoms with Crippen LogP contribution in [0.15, 0.2) is 30.3 Å². The van der Waals surface area contributed by atoms with Crippen molar-refractivity contribution in [3.05, 3.63) is 52.8 Å². The molecule has 5 rings (SSSR count). The number of unbranched alkanes of at least 4 members (excludes halogenated alkanes) is 1. The maximum atomic E-state index is 12.4. The number of methoxy groups -OCH3 is 1. The Hall–Kier alpha value is -3.66. The third kappa shape index (κ3) is 3.83. The van der Waals surface area contributed by atoms with Crippen molar-refractivity contribution in [3.63, 3.8) is 0 Å². The van der Waals surface area contributed by atoms with Crippen LogP contribution in [0, 0.1) is 0 Å². The zero-order valence-corrected chi connectivity index (χ0v) is 19.6. The maximum Gasteiger partial charge on any atom is 0.251 e. The lowest BCUT2D eigenvalue weighted by Crippen LogP contribution is -2.35. The van der Waals surface area contributed by atoms with Crippen LogP contribution in [-0.4, -0.2) is 65.1 Å². The van der Waals surface area contributed by atoms with Gasteiger partial charge in [-0.2, -0.15) is 4.68 Å². The van der Waals surface area contributed by atoms with Gasteiger partial charge in [-0.15, -0.1) is 5.10 Å². The summed E-state index contributed by atoms with van der Waals surface area (Å²) in [6.07, 6.45) is 2.84. The molecule has 0 radical (unpaired) electrons. The lowest BCUT2D eigenvalue weighted by molar-refractivity contribution is 0.0953. The van der Waals surface area contributed by atoms with Gasteiger partial charge in [-0.05, 0) is 66.2 Å². The summed E-state index contributed by atoms with van der Waals surface area (Å²) in [5.74, 6) is 2.53. The quantitative estimate of drug-likeness (QED) is 0.532. The number of benzene rings is 2. The molecule has 0 spiro atoms. The van der Waals surface area contributed by atoms with Crippen molar-refractivity contribution in [1.29, 1.82) is 0 Å². The molecule has 1 atom stereocenters. The van der Waals surface area contributed by atoms with Crippen molar-refractivity contribution in [1.82, 2.24) is 30.4 Å². The summed E-state index contributed by atoms with van der Waals surface area (Å²) in [6.45, 7) is 3.76. The molecule has 0 fully saturated rings. The van der Waals surface area contributed by atoms with E-state index in [9.17, 15) is 4.79 Å². The van der Waals surface area contributed by atoms with Crippen LogP contribution in [0.3, 0.4) is 0 Å². The van der Waals surface area contributed by atoms with Gasteiger partial charge in [0.25, 0.3) is 5.91 Å². The second-order valence-electron chi connectivity index (χ2n) is 8.45. The van der Waals surface area contributed by atoms with Gasteiger partial charge in [0.15, 0.2) is 17.3 Å². The van der Waals surface area contributed by atoms with Crippen LogP contribution in [0.4, 0.5) is 0 Å². The number of tetrazole rings is 1. The lowest BCUT2D eigenvalue weighted by atomic mass is 9.90. The van der Waals surface area contributed by atoms with Crippen LogP contribution in [0.1, 0.15) is 53.1 Å². The number of amides is 1. The van der Waals surface area contributed by atoms with E-state index in [1.54, 1.807) is 23.9 Å². The fourth-order valence-corrected chi connectivity index (χ4v) is 4.54. The molecular formula is C24H28N6O4. The van der Waals surface area contributed by atoms with Gasteiger partial charge in [0, 0.05) is 24.2 Å². The number of carbonyl (C=O) groups excluding carboxylic acids is 1. The first-order valence-electron chi connectivity index (χ1n) is 11.5. The van der Waals surface area contributed by atoms with E-state index in [1.807, 2.05) is 25.2 Å². The van der Waals surface area contributed by atoms with Gasteiger partial charge < -0.3 is 19.5 Å². The highest BCUT2D eigenvalue weighted by Crippen LogP contribution is 2.50. The van der Waals surface area contributed by atoms with Gasteiger partial charge in [0.05, 0.1) is 12.8 Å². The molecule has 3 heterocycles. The Kier molecular flexibility index (Phi) is 6.06. The van der Waals surface area contributed by atoms with E-state index in [1.165, 1.54) is 0 Å². The van der Waals surface area contributed by atoms with E-state index in [0.717, 1.165) is 42.6 Å². The molecule has 10 nitrogen and oxygen atoms in total. The van der Waals surface area contributed by atoms with Gasteiger partial charge in [-0.25, -0.2) is 0 Å². The maximum absolute atomic E-state index is 12.4. The van der Waals surface area contributed by atoms with E-state index in [2.05, 4.69) is 32.7 Å². The monoisotopic (exact) mass is 464 g/mol. The van der Waals surface area contributed by atoms with Gasteiger partial charge in [-0.3, -0.25) is 9.69 Å². The Morgan fingerprint density at radius 1 is 1.26 bits per heavy atom. The normalized spacial score (nSPS) is 16.9. The minimum atomic E-state index is -0.250. The van der Waals surface area contributed by atoms with Crippen molar-refractivity contribution in [2.24, 2.45) is 0 Å². The number of nitrogens with zero attached hydrogens (tertiary/aromatic N) is 5. The van der Waals surface area contributed by atoms with E-state index < -0.39 is 0 Å². The molecule has 10 heteroatoms. The summed E-state index contributed by atoms with van der Waals surface area (Å²) < 4.78 is 18.8. The fraction of sp³-hybridized carbons (Fsp3) is 0.417. The lowest BCUT2D eigenvalue weighted by Gasteiger charge is -2.34. The first-order chi connectivity index (χ1) is 16.6. The van der Waals surface area contributed by atoms with E-state index in [4.69, 9.17) is 14.2 Å². The van der Waals surface area contributed by atoms with Crippen LogP contribution in [0.2, 0.25) is 0 Å². The van der Waals surface area contributed by atoms with Crippen LogP contribution < -0.4 is 19.5 Å². The molecule has 2 aliphatic heterocycles. The summed E-state index contributed by atoms with van der Waals surface area (Å²) in [6, 6.07) is 9.07. The molecule has 0 bridgehead atoms. The summed E-state index contributed by atoms with van der Waals surface area (Å²) in [5, 5.41) is 15.6. The predicted octanol–water partition coefficient (Wildman–Crippen LogP) is 2.51. The molecule has 1 aromatic heterocycles. The second-order valence-corrected chi connectivity index (χ2v) is 8.45. The summed E-state index contributed by atoms with van der Waals surface area (Å²) in [5.41, 5.74) is 3.47. The van der Waals surface area contributed by atoms with Gasteiger partial charge in [0.1, 0.15) is 6.04 Å².